The zero-order chi connectivity index (χ0) is 26.3. The minimum atomic E-state index is -0.658. The Kier molecular flexibility index (Phi) is 9.46. The lowest BCUT2D eigenvalue weighted by Crippen LogP contribution is -2.34. The number of aryl methyl sites for hydroxylation is 2. The minimum Gasteiger partial charge on any atom is -0.504 e. The van der Waals surface area contributed by atoms with Crippen LogP contribution in [0, 0.1) is 25.7 Å². The second kappa shape index (κ2) is 11.9. The van der Waals surface area contributed by atoms with Gasteiger partial charge in [0.25, 0.3) is 0 Å². The summed E-state index contributed by atoms with van der Waals surface area (Å²) in [6, 6.07) is 6.72. The van der Waals surface area contributed by atoms with Crippen molar-refractivity contribution < 1.29 is 19.5 Å². The molecule has 1 unspecified atom stereocenters. The number of rotatable bonds is 5. The predicted molar refractivity (Wildman–Crippen MR) is 139 cm³/mol. The normalized spacial score (nSPS) is 16.1. The molecule has 0 bridgehead atoms. The van der Waals surface area contributed by atoms with Crippen LogP contribution in [0.25, 0.3) is 0 Å². The lowest BCUT2D eigenvalue weighted by atomic mass is 9.85. The average Bonchev–Trinajstić information content (AvgIpc) is 3.36. The molecule has 0 saturated carbocycles. The van der Waals surface area contributed by atoms with Crippen LogP contribution in [0.3, 0.4) is 0 Å². The van der Waals surface area contributed by atoms with Gasteiger partial charge in [0, 0.05) is 6.07 Å². The number of phenols is 2. The number of ether oxygens (including phenoxy) is 1. The second-order valence-electron chi connectivity index (χ2n) is 8.46. The van der Waals surface area contributed by atoms with Crippen molar-refractivity contribution in [3.63, 3.8) is 0 Å². The first-order chi connectivity index (χ1) is 16.7. The highest BCUT2D eigenvalue weighted by Crippen LogP contribution is 2.46. The molecule has 0 radical (unpaired) electrons. The van der Waals surface area contributed by atoms with Crippen molar-refractivity contribution in [3.05, 3.63) is 68.4 Å². The van der Waals surface area contributed by atoms with Gasteiger partial charge in [0.15, 0.2) is 22.9 Å². The number of hydrogen-bond acceptors (Lipinski definition) is 7. The first-order valence-electron chi connectivity index (χ1n) is 12.4. The number of benzene rings is 2. The lowest BCUT2D eigenvalue weighted by molar-refractivity contribution is 0.0332. The summed E-state index contributed by atoms with van der Waals surface area (Å²) in [5, 5.41) is 26.5. The highest BCUT2D eigenvalue weighted by Gasteiger charge is 2.39. The van der Waals surface area contributed by atoms with Gasteiger partial charge in [0.2, 0.25) is 0 Å². The Morgan fingerprint density at radius 3 is 2.29 bits per heavy atom. The van der Waals surface area contributed by atoms with Crippen molar-refractivity contribution in [2.75, 3.05) is 0 Å². The number of nitroso groups, excluding NO2 is 1. The molecule has 1 aliphatic rings. The molecule has 190 valence electrons. The van der Waals surface area contributed by atoms with Crippen LogP contribution < -0.4 is 4.74 Å². The van der Waals surface area contributed by atoms with Crippen molar-refractivity contribution in [1.82, 2.24) is 5.16 Å². The van der Waals surface area contributed by atoms with Gasteiger partial charge in [-0.3, -0.25) is 0 Å². The molecule has 0 fully saturated rings. The number of fused-ring (bicyclic) bond motifs is 1. The summed E-state index contributed by atoms with van der Waals surface area (Å²) in [6.07, 6.45) is 2.73. The predicted octanol–water partition coefficient (Wildman–Crippen LogP) is 7.49. The van der Waals surface area contributed by atoms with Crippen molar-refractivity contribution in [1.29, 1.82) is 0 Å². The molecule has 7 heteroatoms. The topological polar surface area (TPSA) is 105 Å². The third-order valence-electron chi connectivity index (χ3n) is 6.40. The van der Waals surface area contributed by atoms with E-state index in [1.165, 1.54) is 6.07 Å². The van der Waals surface area contributed by atoms with Crippen LogP contribution in [0.2, 0.25) is 0 Å². The summed E-state index contributed by atoms with van der Waals surface area (Å²) in [6.45, 7) is 15.8. The van der Waals surface area contributed by atoms with Crippen molar-refractivity contribution in [3.8, 4) is 17.2 Å². The van der Waals surface area contributed by atoms with Crippen LogP contribution in [0.1, 0.15) is 80.3 Å². The van der Waals surface area contributed by atoms with E-state index < -0.39 is 5.60 Å². The summed E-state index contributed by atoms with van der Waals surface area (Å²) in [5.41, 5.74) is 5.21. The first kappa shape index (κ1) is 27.9. The van der Waals surface area contributed by atoms with Gasteiger partial charge in [-0.15, -0.1) is 4.91 Å². The summed E-state index contributed by atoms with van der Waals surface area (Å²) >= 11 is 0. The molecule has 1 aromatic heterocycles. The molecule has 1 atom stereocenters. The number of nitrogens with zero attached hydrogens (tertiary/aromatic N) is 2. The molecular formula is C28H38N2O5. The van der Waals surface area contributed by atoms with Crippen LogP contribution in [0.4, 0.5) is 5.69 Å². The summed E-state index contributed by atoms with van der Waals surface area (Å²) in [4.78, 5) is 11.3. The van der Waals surface area contributed by atoms with Gasteiger partial charge in [-0.1, -0.05) is 38.9 Å². The van der Waals surface area contributed by atoms with Crippen LogP contribution in [0.5, 0.6) is 17.2 Å². The number of hydrogen-bond donors (Lipinski definition) is 2. The van der Waals surface area contributed by atoms with Gasteiger partial charge < -0.3 is 19.5 Å². The monoisotopic (exact) mass is 482 g/mol. The molecule has 0 amide bonds. The maximum Gasteiger partial charge on any atom is 0.180 e. The van der Waals surface area contributed by atoms with E-state index in [1.807, 2.05) is 61.5 Å². The minimum absolute atomic E-state index is 0.131. The highest BCUT2D eigenvalue weighted by atomic mass is 16.5. The van der Waals surface area contributed by atoms with Crippen molar-refractivity contribution in [2.45, 2.75) is 86.7 Å². The van der Waals surface area contributed by atoms with E-state index in [1.54, 1.807) is 12.1 Å². The van der Waals surface area contributed by atoms with Gasteiger partial charge in [0.05, 0.1) is 5.69 Å². The Hall–Kier alpha value is -3.35. The molecule has 7 nitrogen and oxygen atoms in total. The number of aromatic hydroxyl groups is 2. The van der Waals surface area contributed by atoms with Crippen LogP contribution in [0.15, 0.2) is 34.0 Å². The Labute approximate surface area is 208 Å². The lowest BCUT2D eigenvalue weighted by Gasteiger charge is -2.36. The van der Waals surface area contributed by atoms with Gasteiger partial charge >= 0.3 is 0 Å². The molecule has 2 N–H and O–H groups in total. The smallest absolute Gasteiger partial charge is 0.180 e. The highest BCUT2D eigenvalue weighted by molar-refractivity contribution is 5.65. The van der Waals surface area contributed by atoms with E-state index in [-0.39, 0.29) is 11.5 Å². The second-order valence-corrected chi connectivity index (χ2v) is 8.46. The van der Waals surface area contributed by atoms with Gasteiger partial charge in [-0.25, -0.2) is 0 Å². The maximum atomic E-state index is 11.3. The van der Waals surface area contributed by atoms with Gasteiger partial charge in [-0.2, -0.15) is 0 Å². The largest absolute Gasteiger partial charge is 0.504 e. The molecule has 0 spiro atoms. The summed E-state index contributed by atoms with van der Waals surface area (Å²) in [7, 11) is 0. The fraction of sp³-hybridized carbons (Fsp3) is 0.464. The van der Waals surface area contributed by atoms with E-state index >= 15 is 0 Å². The summed E-state index contributed by atoms with van der Waals surface area (Å²) in [5.74, 6) is 1.20. The fourth-order valence-corrected chi connectivity index (χ4v) is 4.23. The SMILES string of the molecule is CC.CC.Cc1c(C)c2c(c(C)c1N=O)CCC(C)(c1cc(CCc3ccc(O)c(O)c3)no1)O2. The molecule has 4 rings (SSSR count). The van der Waals surface area contributed by atoms with E-state index in [4.69, 9.17) is 9.26 Å². The third-order valence-corrected chi connectivity index (χ3v) is 6.40. The maximum absolute atomic E-state index is 11.3. The molecular weight excluding hydrogens is 444 g/mol. The molecule has 2 aromatic carbocycles. The average molecular weight is 483 g/mol. The molecule has 3 aromatic rings. The Bertz CT molecular complexity index is 1170. The van der Waals surface area contributed by atoms with E-state index in [9.17, 15) is 15.1 Å². The van der Waals surface area contributed by atoms with Crippen LogP contribution >= 0.6 is 0 Å². The van der Waals surface area contributed by atoms with E-state index in [0.717, 1.165) is 45.7 Å². The third kappa shape index (κ3) is 5.66. The number of aromatic nitrogens is 1. The zero-order valence-corrected chi connectivity index (χ0v) is 22.2. The van der Waals surface area contributed by atoms with E-state index in [0.29, 0.717) is 30.7 Å². The van der Waals surface area contributed by atoms with E-state index in [2.05, 4.69) is 10.3 Å². The Morgan fingerprint density at radius 1 is 0.971 bits per heavy atom. The Balaban J connectivity index is 0.00000103. The van der Waals surface area contributed by atoms with Crippen molar-refractivity contribution >= 4 is 5.69 Å². The van der Waals surface area contributed by atoms with Gasteiger partial charge in [-0.05, 0) is 98.5 Å². The van der Waals surface area contributed by atoms with Gasteiger partial charge in [0.1, 0.15) is 11.4 Å². The summed E-state index contributed by atoms with van der Waals surface area (Å²) < 4.78 is 12.1. The van der Waals surface area contributed by atoms with Crippen LogP contribution in [-0.2, 0) is 24.9 Å². The zero-order valence-electron chi connectivity index (χ0n) is 22.2. The molecule has 1 aliphatic heterocycles. The fourth-order valence-electron chi connectivity index (χ4n) is 4.23. The molecule has 35 heavy (non-hydrogen) atoms. The van der Waals surface area contributed by atoms with Crippen LogP contribution in [-0.4, -0.2) is 15.4 Å². The molecule has 2 heterocycles. The molecule has 0 aliphatic carbocycles. The standard InChI is InChI=1S/C24H26N2O5.2C2H6/c1-13-14(2)23-18(15(3)22(13)25-29)9-10-24(4,30-23)21-12-17(26-31-21)7-5-16-6-8-19(27)20(28)11-16;2*1-2/h6,8,11-12,27-28H,5,7,9-10H2,1-4H3;2*1-2H3. The Morgan fingerprint density at radius 2 is 1.66 bits per heavy atom. The number of phenolic OH excluding ortho intramolecular Hbond substituents is 2. The molecule has 0 saturated heterocycles. The quantitative estimate of drug-likeness (QED) is 0.288. The first-order valence-corrected chi connectivity index (χ1v) is 12.4. The van der Waals surface area contributed by atoms with Crippen molar-refractivity contribution in [2.24, 2.45) is 5.18 Å².